The van der Waals surface area contributed by atoms with Crippen molar-refractivity contribution < 1.29 is 23.9 Å². The van der Waals surface area contributed by atoms with E-state index in [-0.39, 0.29) is 30.9 Å². The van der Waals surface area contributed by atoms with Crippen LogP contribution in [0.3, 0.4) is 0 Å². The second-order valence-electron chi connectivity index (χ2n) is 7.04. The number of benzene rings is 2. The Morgan fingerprint density at radius 1 is 1.14 bits per heavy atom. The smallest absolute Gasteiger partial charge is 0.231 e. The van der Waals surface area contributed by atoms with Crippen LogP contribution in [-0.4, -0.2) is 31.1 Å². The number of fused-ring (bicyclic) bond motifs is 1. The van der Waals surface area contributed by atoms with Crippen molar-refractivity contribution in [2.45, 2.75) is 19.9 Å². The molecular formula is C21H21N3O5. The normalized spacial score (nSPS) is 17.3. The summed E-state index contributed by atoms with van der Waals surface area (Å²) in [4.78, 5) is 37.9. The molecule has 2 heterocycles. The second-order valence-corrected chi connectivity index (χ2v) is 7.04. The molecule has 4 rings (SSSR count). The maximum atomic E-state index is 12.6. The Hall–Kier alpha value is -3.55. The molecule has 0 unspecified atom stereocenters. The van der Waals surface area contributed by atoms with Crippen LogP contribution in [0.15, 0.2) is 42.5 Å². The molecule has 1 fully saturated rings. The molecule has 0 saturated carbocycles. The van der Waals surface area contributed by atoms with Crippen LogP contribution in [-0.2, 0) is 20.9 Å². The fourth-order valence-electron chi connectivity index (χ4n) is 3.47. The van der Waals surface area contributed by atoms with Gasteiger partial charge in [-0.15, -0.1) is 0 Å². The van der Waals surface area contributed by atoms with E-state index in [2.05, 4.69) is 10.6 Å². The van der Waals surface area contributed by atoms with E-state index in [1.165, 1.54) is 6.92 Å². The van der Waals surface area contributed by atoms with E-state index in [4.69, 9.17) is 9.47 Å². The van der Waals surface area contributed by atoms with Crippen molar-refractivity contribution in [3.05, 3.63) is 48.0 Å². The lowest BCUT2D eigenvalue weighted by Crippen LogP contribution is -2.32. The fraction of sp³-hybridized carbons (Fsp3) is 0.286. The maximum absolute atomic E-state index is 12.6. The predicted molar refractivity (Wildman–Crippen MR) is 106 cm³/mol. The summed E-state index contributed by atoms with van der Waals surface area (Å²) in [7, 11) is 0. The van der Waals surface area contributed by atoms with Gasteiger partial charge < -0.3 is 25.0 Å². The molecule has 29 heavy (non-hydrogen) atoms. The summed E-state index contributed by atoms with van der Waals surface area (Å²) in [5.74, 6) is 0.456. The van der Waals surface area contributed by atoms with Gasteiger partial charge >= 0.3 is 0 Å². The first kappa shape index (κ1) is 18.8. The number of hydrogen-bond acceptors (Lipinski definition) is 5. The average Bonchev–Trinajstić information content (AvgIpc) is 3.31. The Morgan fingerprint density at radius 3 is 2.79 bits per heavy atom. The maximum Gasteiger partial charge on any atom is 0.231 e. The molecule has 2 N–H and O–H groups in total. The topological polar surface area (TPSA) is 97.0 Å². The third kappa shape index (κ3) is 4.16. The highest BCUT2D eigenvalue weighted by Crippen LogP contribution is 2.32. The Bertz CT molecular complexity index is 975. The molecule has 0 radical (unpaired) electrons. The summed E-state index contributed by atoms with van der Waals surface area (Å²) in [6, 6.07) is 12.5. The number of rotatable bonds is 5. The number of anilines is 2. The quantitative estimate of drug-likeness (QED) is 0.808. The molecule has 0 aromatic heterocycles. The molecule has 3 amide bonds. The molecule has 0 spiro atoms. The van der Waals surface area contributed by atoms with Crippen LogP contribution >= 0.6 is 0 Å². The zero-order valence-corrected chi connectivity index (χ0v) is 15.9. The van der Waals surface area contributed by atoms with E-state index >= 15 is 0 Å². The molecule has 2 aromatic carbocycles. The minimum atomic E-state index is -0.430. The standard InChI is InChI=1S/C21H21N3O5/c1-13(25)23-16-3-2-4-17(9-16)24-11-15(8-20(24)26)21(27)22-10-14-5-6-18-19(7-14)29-12-28-18/h2-7,9,15H,8,10-12H2,1H3,(H,22,27)(H,23,25)/t15-/m0/s1. The fourth-order valence-corrected chi connectivity index (χ4v) is 3.47. The third-order valence-electron chi connectivity index (χ3n) is 4.88. The van der Waals surface area contributed by atoms with Gasteiger partial charge in [0.1, 0.15) is 0 Å². The molecule has 8 nitrogen and oxygen atoms in total. The molecule has 1 atom stereocenters. The van der Waals surface area contributed by atoms with Crippen LogP contribution in [0.4, 0.5) is 11.4 Å². The van der Waals surface area contributed by atoms with Crippen molar-refractivity contribution in [3.63, 3.8) is 0 Å². The Labute approximate surface area is 167 Å². The van der Waals surface area contributed by atoms with E-state index in [0.717, 1.165) is 5.56 Å². The van der Waals surface area contributed by atoms with Crippen LogP contribution < -0.4 is 25.0 Å². The minimum Gasteiger partial charge on any atom is -0.454 e. The molecule has 0 bridgehead atoms. The molecule has 2 aliphatic heterocycles. The van der Waals surface area contributed by atoms with Crippen molar-refractivity contribution in [2.24, 2.45) is 5.92 Å². The predicted octanol–water partition coefficient (Wildman–Crippen LogP) is 2.04. The van der Waals surface area contributed by atoms with Gasteiger partial charge in [0.15, 0.2) is 11.5 Å². The number of carbonyl (C=O) groups excluding carboxylic acids is 3. The van der Waals surface area contributed by atoms with Crippen molar-refractivity contribution in [1.82, 2.24) is 5.32 Å². The highest BCUT2D eigenvalue weighted by molar-refractivity contribution is 6.01. The third-order valence-corrected chi connectivity index (χ3v) is 4.88. The summed E-state index contributed by atoms with van der Waals surface area (Å²) in [5.41, 5.74) is 2.16. The van der Waals surface area contributed by atoms with Gasteiger partial charge in [0, 0.05) is 37.8 Å². The highest BCUT2D eigenvalue weighted by Gasteiger charge is 2.35. The zero-order valence-electron chi connectivity index (χ0n) is 15.9. The zero-order chi connectivity index (χ0) is 20.4. The largest absolute Gasteiger partial charge is 0.454 e. The summed E-state index contributed by atoms with van der Waals surface area (Å²) in [6.07, 6.45) is 0.150. The van der Waals surface area contributed by atoms with Gasteiger partial charge in [-0.25, -0.2) is 0 Å². The Morgan fingerprint density at radius 2 is 1.97 bits per heavy atom. The van der Waals surface area contributed by atoms with Gasteiger partial charge in [-0.05, 0) is 35.9 Å². The lowest BCUT2D eigenvalue weighted by molar-refractivity contribution is -0.126. The molecular weight excluding hydrogens is 374 g/mol. The highest BCUT2D eigenvalue weighted by atomic mass is 16.7. The van der Waals surface area contributed by atoms with E-state index in [0.29, 0.717) is 36.0 Å². The van der Waals surface area contributed by atoms with Crippen LogP contribution in [0.1, 0.15) is 18.9 Å². The molecule has 150 valence electrons. The Kier molecular flexibility index (Phi) is 5.07. The second kappa shape index (κ2) is 7.83. The van der Waals surface area contributed by atoms with Gasteiger partial charge in [0.2, 0.25) is 24.5 Å². The monoisotopic (exact) mass is 395 g/mol. The van der Waals surface area contributed by atoms with E-state index in [9.17, 15) is 14.4 Å². The molecule has 8 heteroatoms. The molecule has 0 aliphatic carbocycles. The lowest BCUT2D eigenvalue weighted by atomic mass is 10.1. The molecule has 2 aromatic rings. The summed E-state index contributed by atoms with van der Waals surface area (Å²) in [5, 5.41) is 5.59. The first-order chi connectivity index (χ1) is 14.0. The van der Waals surface area contributed by atoms with Gasteiger partial charge in [0.25, 0.3) is 0 Å². The number of nitrogens with zero attached hydrogens (tertiary/aromatic N) is 1. The summed E-state index contributed by atoms with van der Waals surface area (Å²) >= 11 is 0. The number of nitrogens with one attached hydrogen (secondary N) is 2. The first-order valence-corrected chi connectivity index (χ1v) is 9.34. The minimum absolute atomic E-state index is 0.117. The van der Waals surface area contributed by atoms with Crippen molar-refractivity contribution in [1.29, 1.82) is 0 Å². The van der Waals surface area contributed by atoms with Crippen molar-refractivity contribution >= 4 is 29.1 Å². The van der Waals surface area contributed by atoms with Crippen LogP contribution in [0, 0.1) is 5.92 Å². The number of amides is 3. The van der Waals surface area contributed by atoms with Crippen LogP contribution in [0.25, 0.3) is 0 Å². The van der Waals surface area contributed by atoms with E-state index in [1.54, 1.807) is 29.2 Å². The summed E-state index contributed by atoms with van der Waals surface area (Å²) in [6.45, 7) is 2.27. The average molecular weight is 395 g/mol. The van der Waals surface area contributed by atoms with Crippen molar-refractivity contribution in [2.75, 3.05) is 23.6 Å². The van der Waals surface area contributed by atoms with Crippen LogP contribution in [0.2, 0.25) is 0 Å². The first-order valence-electron chi connectivity index (χ1n) is 9.34. The molecule has 1 saturated heterocycles. The Balaban J connectivity index is 1.37. The van der Waals surface area contributed by atoms with Gasteiger partial charge in [0.05, 0.1) is 5.92 Å². The summed E-state index contributed by atoms with van der Waals surface area (Å²) < 4.78 is 10.6. The van der Waals surface area contributed by atoms with E-state index in [1.807, 2.05) is 18.2 Å². The SMILES string of the molecule is CC(=O)Nc1cccc(N2C[C@@H](C(=O)NCc3ccc4c(c3)OCO4)CC2=O)c1. The number of ether oxygens (including phenoxy) is 2. The van der Waals surface area contributed by atoms with E-state index < -0.39 is 5.92 Å². The van der Waals surface area contributed by atoms with Gasteiger partial charge in [-0.2, -0.15) is 0 Å². The van der Waals surface area contributed by atoms with Gasteiger partial charge in [-0.3, -0.25) is 14.4 Å². The van der Waals surface area contributed by atoms with Gasteiger partial charge in [-0.1, -0.05) is 12.1 Å². The number of carbonyl (C=O) groups is 3. The number of hydrogen-bond donors (Lipinski definition) is 2. The van der Waals surface area contributed by atoms with Crippen LogP contribution in [0.5, 0.6) is 11.5 Å². The van der Waals surface area contributed by atoms with Crippen molar-refractivity contribution in [3.8, 4) is 11.5 Å². The molecule has 2 aliphatic rings. The lowest BCUT2D eigenvalue weighted by Gasteiger charge is -2.18.